The predicted molar refractivity (Wildman–Crippen MR) is 310 cm³/mol. The molecule has 0 saturated carbocycles. The number of unbranched alkanes of at least 4 members (excludes halogenated alkanes) is 3. The second kappa shape index (κ2) is 24.1. The Kier molecular flexibility index (Phi) is 16.1. The number of ether oxygens (including phenoxy) is 2. The van der Waals surface area contributed by atoms with Crippen molar-refractivity contribution in [1.29, 1.82) is 0 Å². The summed E-state index contributed by atoms with van der Waals surface area (Å²) >= 11 is 0. The van der Waals surface area contributed by atoms with Crippen molar-refractivity contribution in [2.45, 2.75) is 52.6 Å². The Morgan fingerprint density at radius 3 is 1.32 bits per heavy atom. The Hall–Kier alpha value is -10.9. The van der Waals surface area contributed by atoms with Gasteiger partial charge in [0.15, 0.2) is 13.2 Å². The minimum atomic E-state index is -1.37. The normalized spacial score (nSPS) is 11.3. The highest BCUT2D eigenvalue weighted by atomic mass is 16.5. The third kappa shape index (κ3) is 11.5. The molecular formula is C62H54N8O14. The molecule has 0 aliphatic rings. The molecule has 6 N–H and O–H groups in total. The molecule has 0 saturated heterocycles. The molecule has 22 nitrogen and oxygen atoms in total. The molecule has 6 aromatic heterocycles. The van der Waals surface area contributed by atoms with Crippen molar-refractivity contribution in [2.75, 3.05) is 26.3 Å². The average molecular weight is 1140 g/mol. The zero-order chi connectivity index (χ0) is 59.3. The lowest BCUT2D eigenvalue weighted by Gasteiger charge is -2.10. The van der Waals surface area contributed by atoms with Crippen LogP contribution in [0.2, 0.25) is 0 Å². The van der Waals surface area contributed by atoms with Crippen molar-refractivity contribution in [3.8, 4) is 33.8 Å². The van der Waals surface area contributed by atoms with E-state index in [1.165, 1.54) is 36.4 Å². The average Bonchev–Trinajstić information content (AvgIpc) is 3.43. The van der Waals surface area contributed by atoms with E-state index in [9.17, 15) is 58.2 Å². The number of aliphatic carboxylic acids is 2. The zero-order valence-corrected chi connectivity index (χ0v) is 45.4. The Bertz CT molecular complexity index is 4290. The molecule has 0 fully saturated rings. The highest BCUT2D eigenvalue weighted by Gasteiger charge is 2.26. The predicted octanol–water partition coefficient (Wildman–Crippen LogP) is 6.03. The summed E-state index contributed by atoms with van der Waals surface area (Å²) in [6.45, 7) is 2.31. The lowest BCUT2D eigenvalue weighted by Crippen LogP contribution is -2.37. The lowest BCUT2D eigenvalue weighted by molar-refractivity contribution is -0.138. The number of hydrogen-bond donors (Lipinski definition) is 6. The highest BCUT2D eigenvalue weighted by molar-refractivity contribution is 6.14. The van der Waals surface area contributed by atoms with Crippen LogP contribution in [0.5, 0.6) is 11.5 Å². The number of nitrogens with one attached hydrogen (secondary N) is 4. The van der Waals surface area contributed by atoms with E-state index in [1.54, 1.807) is 69.7 Å². The molecule has 426 valence electrons. The fourth-order valence-electron chi connectivity index (χ4n) is 10.5. The molecule has 0 spiro atoms. The molecule has 0 unspecified atom stereocenters. The van der Waals surface area contributed by atoms with Crippen molar-refractivity contribution in [3.05, 3.63) is 209 Å². The molecule has 0 bridgehead atoms. The highest BCUT2D eigenvalue weighted by Crippen LogP contribution is 2.37. The minimum Gasteiger partial charge on any atom is -0.484 e. The number of fused-ring (bicyclic) bond motifs is 4. The Balaban J connectivity index is 0.682. The van der Waals surface area contributed by atoms with E-state index in [1.807, 2.05) is 50.2 Å². The summed E-state index contributed by atoms with van der Waals surface area (Å²) in [5.41, 5.74) is 3.49. The van der Waals surface area contributed by atoms with Crippen molar-refractivity contribution in [3.63, 3.8) is 0 Å². The molecule has 0 aliphatic heterocycles. The number of aromatic nitrogens is 6. The van der Waals surface area contributed by atoms with E-state index in [0.29, 0.717) is 80.1 Å². The van der Waals surface area contributed by atoms with Gasteiger partial charge in [-0.25, -0.2) is 18.7 Å². The number of carboxylic acids is 2. The van der Waals surface area contributed by atoms with Crippen LogP contribution in [0.1, 0.15) is 68.9 Å². The number of amides is 2. The topological polar surface area (TPSA) is 304 Å². The van der Waals surface area contributed by atoms with Gasteiger partial charge in [-0.2, -0.15) is 0 Å². The SMILES string of the molecule is Cc1c(-c2cccc(OCC(=O)NCCCCCCNC(=O)COc3cccc(-c4c(C)c(C(=O)c5ccc6[nH]c(=O)n(CC(=O)O)c(=O)c6c5)n5ccccc45)c3)c2)c2ccccn2c1C(=O)c1ccc2[nH]c(=O)n(CC(=O)O)c(=O)c2c1. The fraction of sp³-hybridized carbons (Fsp3) is 0.194. The van der Waals surface area contributed by atoms with Crippen molar-refractivity contribution in [2.24, 2.45) is 0 Å². The van der Waals surface area contributed by atoms with Gasteiger partial charge in [0.2, 0.25) is 11.6 Å². The first-order valence-corrected chi connectivity index (χ1v) is 26.7. The zero-order valence-electron chi connectivity index (χ0n) is 45.4. The van der Waals surface area contributed by atoms with Crippen LogP contribution in [0.4, 0.5) is 0 Å². The summed E-state index contributed by atoms with van der Waals surface area (Å²) in [4.78, 5) is 133. The van der Waals surface area contributed by atoms with Crippen LogP contribution in [0, 0.1) is 13.8 Å². The van der Waals surface area contributed by atoms with Gasteiger partial charge >= 0.3 is 23.3 Å². The molecule has 0 aliphatic carbocycles. The number of benzene rings is 4. The van der Waals surface area contributed by atoms with Gasteiger partial charge in [0, 0.05) is 47.7 Å². The number of H-pyrrole nitrogens is 2. The summed E-state index contributed by atoms with van der Waals surface area (Å²) in [6, 6.07) is 33.9. The maximum atomic E-state index is 14.3. The van der Waals surface area contributed by atoms with Crippen molar-refractivity contribution >= 4 is 68.2 Å². The standard InChI is InChI=1S/C62H54N8O14/c1-35-53(47-17-5-9-25-67(47)55(35)57(77)39-19-21-45-43(29-39)59(79)69(31-51(73)74)61(81)65-45)37-13-11-15-41(27-37)83-33-49(71)63-23-7-3-4-8-24-64-50(72)34-84-42-16-12-14-38(28-42)54-36(2)56(68-26-10-6-18-48(54)68)58(78)40-20-22-46-44(30-40)60(80)70(32-52(75)76)62(82)66-46/h5-6,9-22,25-30H,3-4,7-8,23-24,31-34H2,1-2H3,(H,63,71)(H,64,72)(H,65,81)(H,66,82)(H,73,74)(H,75,76). The van der Waals surface area contributed by atoms with Crippen molar-refractivity contribution < 1.29 is 48.5 Å². The van der Waals surface area contributed by atoms with Gasteiger partial charge < -0.3 is 49.1 Å². The number of ketones is 2. The van der Waals surface area contributed by atoms with Gasteiger partial charge in [0.05, 0.1) is 44.2 Å². The first-order valence-electron chi connectivity index (χ1n) is 26.7. The summed E-state index contributed by atoms with van der Waals surface area (Å²) < 4.78 is 16.4. The van der Waals surface area contributed by atoms with Crippen LogP contribution < -0.4 is 42.6 Å². The molecule has 4 aromatic carbocycles. The molecule has 10 aromatic rings. The maximum Gasteiger partial charge on any atom is 0.329 e. The van der Waals surface area contributed by atoms with Crippen LogP contribution in [0.3, 0.4) is 0 Å². The largest absolute Gasteiger partial charge is 0.484 e. The van der Waals surface area contributed by atoms with Crippen molar-refractivity contribution in [1.82, 2.24) is 38.5 Å². The summed E-state index contributed by atoms with van der Waals surface area (Å²) in [5.74, 6) is -3.32. The molecule has 22 heteroatoms. The number of nitrogens with zero attached hydrogens (tertiary/aromatic N) is 4. The third-order valence-corrected chi connectivity index (χ3v) is 14.4. The number of hydrogen-bond acceptors (Lipinski definition) is 12. The molecule has 10 rings (SSSR count). The first-order chi connectivity index (χ1) is 40.5. The molecule has 2 amide bonds. The van der Waals surface area contributed by atoms with Crippen LogP contribution in [0.25, 0.3) is 55.1 Å². The first kappa shape index (κ1) is 56.4. The summed E-state index contributed by atoms with van der Waals surface area (Å²) in [7, 11) is 0. The van der Waals surface area contributed by atoms with Gasteiger partial charge in [-0.1, -0.05) is 49.2 Å². The van der Waals surface area contributed by atoms with Crippen LogP contribution >= 0.6 is 0 Å². The van der Waals surface area contributed by atoms with E-state index in [2.05, 4.69) is 20.6 Å². The quantitative estimate of drug-likeness (QED) is 0.0315. The van der Waals surface area contributed by atoms with Gasteiger partial charge in [0.1, 0.15) is 24.6 Å². The van der Waals surface area contributed by atoms with E-state index in [-0.39, 0.29) is 58.0 Å². The number of rotatable bonds is 23. The number of carbonyl (C=O) groups is 6. The second-order valence-electron chi connectivity index (χ2n) is 20.0. The Morgan fingerprint density at radius 1 is 0.500 bits per heavy atom. The van der Waals surface area contributed by atoms with Gasteiger partial charge in [-0.3, -0.25) is 38.4 Å². The lowest BCUT2D eigenvalue weighted by atomic mass is 9.98. The Morgan fingerprint density at radius 2 is 0.917 bits per heavy atom. The monoisotopic (exact) mass is 1130 g/mol. The number of carboxylic acid groups (broad SMARTS) is 2. The number of aromatic amines is 2. The molecule has 6 heterocycles. The molecule has 84 heavy (non-hydrogen) atoms. The maximum absolute atomic E-state index is 14.3. The third-order valence-electron chi connectivity index (χ3n) is 14.4. The van der Waals surface area contributed by atoms with E-state index in [0.717, 1.165) is 35.1 Å². The van der Waals surface area contributed by atoms with Crippen LogP contribution in [0.15, 0.2) is 153 Å². The van der Waals surface area contributed by atoms with Crippen LogP contribution in [-0.2, 0) is 32.3 Å². The van der Waals surface area contributed by atoms with Crippen LogP contribution in [-0.4, -0.2) is 99.7 Å². The summed E-state index contributed by atoms with van der Waals surface area (Å²) in [5, 5.41) is 24.2. The number of carbonyl (C=O) groups excluding carboxylic acids is 4. The van der Waals surface area contributed by atoms with Gasteiger partial charge in [-0.05, 0) is 134 Å². The molecule has 0 atom stereocenters. The van der Waals surface area contributed by atoms with E-state index >= 15 is 0 Å². The fourth-order valence-corrected chi connectivity index (χ4v) is 10.5. The Labute approximate surface area is 475 Å². The van der Waals surface area contributed by atoms with Gasteiger partial charge in [0.25, 0.3) is 22.9 Å². The van der Waals surface area contributed by atoms with E-state index < -0.39 is 59.1 Å². The summed E-state index contributed by atoms with van der Waals surface area (Å²) in [6.07, 6.45) is 6.51. The van der Waals surface area contributed by atoms with Gasteiger partial charge in [-0.15, -0.1) is 0 Å². The van der Waals surface area contributed by atoms with E-state index in [4.69, 9.17) is 9.47 Å². The second-order valence-corrected chi connectivity index (χ2v) is 20.0. The minimum absolute atomic E-state index is 0.0152. The molecule has 0 radical (unpaired) electrons. The molecular weight excluding hydrogens is 1080 g/mol. The smallest absolute Gasteiger partial charge is 0.329 e. The number of pyridine rings is 2.